The van der Waals surface area contributed by atoms with Crippen molar-refractivity contribution in [3.8, 4) is 11.5 Å². The number of oxazole rings is 1. The molecular formula is C23H20ClN3O2S. The van der Waals surface area contributed by atoms with E-state index in [1.54, 1.807) is 0 Å². The first kappa shape index (κ1) is 20.3. The first-order chi connectivity index (χ1) is 14.2. The Morgan fingerprint density at radius 1 is 1.07 bits per heavy atom. The van der Waals surface area contributed by atoms with E-state index >= 15 is 0 Å². The van der Waals surface area contributed by atoms with Gasteiger partial charge in [-0.05, 0) is 47.9 Å². The number of nitrogens with one attached hydrogen (secondary N) is 2. The molecule has 0 aliphatic carbocycles. The summed E-state index contributed by atoms with van der Waals surface area (Å²) < 4.78 is 5.99. The van der Waals surface area contributed by atoms with Gasteiger partial charge in [-0.3, -0.25) is 4.79 Å². The summed E-state index contributed by atoms with van der Waals surface area (Å²) in [4.78, 5) is 16.7. The van der Waals surface area contributed by atoms with Crippen LogP contribution in [0.5, 0.6) is 0 Å². The van der Waals surface area contributed by atoms with Crippen molar-refractivity contribution in [2.45, 2.75) is 20.8 Å². The first-order valence-electron chi connectivity index (χ1n) is 9.43. The molecule has 5 nitrogen and oxygen atoms in total. The van der Waals surface area contributed by atoms with Crippen LogP contribution in [-0.2, 0) is 4.79 Å². The molecule has 0 atom stereocenters. The van der Waals surface area contributed by atoms with Gasteiger partial charge in [0.1, 0.15) is 5.52 Å². The summed E-state index contributed by atoms with van der Waals surface area (Å²) in [6.07, 6.45) is 0. The molecule has 0 unspecified atom stereocenters. The average Bonchev–Trinajstić information content (AvgIpc) is 3.10. The largest absolute Gasteiger partial charge is 0.436 e. The molecule has 4 rings (SSSR count). The highest BCUT2D eigenvalue weighted by Crippen LogP contribution is 2.33. The molecular weight excluding hydrogens is 418 g/mol. The summed E-state index contributed by atoms with van der Waals surface area (Å²) in [5.74, 6) is 0.359. The van der Waals surface area contributed by atoms with Crippen molar-refractivity contribution in [2.24, 2.45) is 5.41 Å². The molecule has 1 aromatic heterocycles. The Hall–Kier alpha value is -2.96. The van der Waals surface area contributed by atoms with E-state index in [2.05, 4.69) is 15.6 Å². The molecule has 1 heterocycles. The van der Waals surface area contributed by atoms with E-state index in [1.165, 1.54) is 0 Å². The van der Waals surface area contributed by atoms with E-state index in [1.807, 2.05) is 75.4 Å². The molecule has 0 spiro atoms. The van der Waals surface area contributed by atoms with Gasteiger partial charge in [-0.25, -0.2) is 4.98 Å². The van der Waals surface area contributed by atoms with Gasteiger partial charge in [0.05, 0.1) is 0 Å². The molecule has 0 fully saturated rings. The Bertz CT molecular complexity index is 1290. The SMILES string of the molecule is CC(C)(C)C(=O)NC(=S)Nc1ccc2oc(-c3cccc4c(Cl)cccc34)nc2c1. The predicted molar refractivity (Wildman–Crippen MR) is 126 cm³/mol. The van der Waals surface area contributed by atoms with Gasteiger partial charge >= 0.3 is 0 Å². The van der Waals surface area contributed by atoms with Crippen LogP contribution in [0.2, 0.25) is 5.02 Å². The lowest BCUT2D eigenvalue weighted by Crippen LogP contribution is -2.41. The molecule has 3 aromatic carbocycles. The van der Waals surface area contributed by atoms with Gasteiger partial charge in [0.25, 0.3) is 0 Å². The van der Waals surface area contributed by atoms with E-state index in [4.69, 9.17) is 28.2 Å². The van der Waals surface area contributed by atoms with Crippen molar-refractivity contribution >= 4 is 62.4 Å². The standard InChI is InChI=1S/C23H20ClN3O2S/c1-23(2,3)21(28)27-22(30)25-13-10-11-19-18(12-13)26-20(29-19)16-8-4-7-15-14(16)6-5-9-17(15)24/h4-12H,1-3H3,(H2,25,27,28,30). The second-order valence-electron chi connectivity index (χ2n) is 8.00. The maximum Gasteiger partial charge on any atom is 0.231 e. The van der Waals surface area contributed by atoms with Gasteiger partial charge in [-0.2, -0.15) is 0 Å². The maximum absolute atomic E-state index is 12.1. The van der Waals surface area contributed by atoms with Crippen molar-refractivity contribution in [3.63, 3.8) is 0 Å². The molecule has 4 aromatic rings. The summed E-state index contributed by atoms with van der Waals surface area (Å²) in [5, 5.41) is 8.56. The summed E-state index contributed by atoms with van der Waals surface area (Å²) in [5.41, 5.74) is 2.38. The number of thiocarbonyl (C=S) groups is 1. The molecule has 30 heavy (non-hydrogen) atoms. The Labute approximate surface area is 184 Å². The third-order valence-corrected chi connectivity index (χ3v) is 5.19. The molecule has 7 heteroatoms. The summed E-state index contributed by atoms with van der Waals surface area (Å²) in [6.45, 7) is 5.48. The number of benzene rings is 3. The number of halogens is 1. The monoisotopic (exact) mass is 437 g/mol. The van der Waals surface area contributed by atoms with Crippen molar-refractivity contribution in [3.05, 3.63) is 59.6 Å². The van der Waals surface area contributed by atoms with E-state index in [-0.39, 0.29) is 11.0 Å². The zero-order valence-corrected chi connectivity index (χ0v) is 18.3. The Balaban J connectivity index is 1.63. The second kappa shape index (κ2) is 7.70. The van der Waals surface area contributed by atoms with Crippen molar-refractivity contribution in [2.75, 3.05) is 5.32 Å². The fraction of sp³-hybridized carbons (Fsp3) is 0.174. The van der Waals surface area contributed by atoms with Crippen LogP contribution in [0.3, 0.4) is 0 Å². The number of carbonyl (C=O) groups excluding carboxylic acids is 1. The highest BCUT2D eigenvalue weighted by molar-refractivity contribution is 7.80. The highest BCUT2D eigenvalue weighted by Gasteiger charge is 2.22. The van der Waals surface area contributed by atoms with E-state index in [0.717, 1.165) is 16.3 Å². The summed E-state index contributed by atoms with van der Waals surface area (Å²) in [7, 11) is 0. The minimum Gasteiger partial charge on any atom is -0.436 e. The molecule has 2 N–H and O–H groups in total. The number of hydrogen-bond acceptors (Lipinski definition) is 4. The van der Waals surface area contributed by atoms with Crippen molar-refractivity contribution in [1.29, 1.82) is 0 Å². The molecule has 0 aliphatic heterocycles. The number of anilines is 1. The van der Waals surface area contributed by atoms with Gasteiger partial charge in [0, 0.05) is 27.1 Å². The van der Waals surface area contributed by atoms with Crippen LogP contribution in [0.15, 0.2) is 59.0 Å². The Kier molecular flexibility index (Phi) is 5.22. The van der Waals surface area contributed by atoms with E-state index in [0.29, 0.717) is 27.7 Å². The van der Waals surface area contributed by atoms with Crippen LogP contribution in [0.4, 0.5) is 5.69 Å². The fourth-order valence-electron chi connectivity index (χ4n) is 3.03. The number of nitrogens with zero attached hydrogens (tertiary/aromatic N) is 1. The maximum atomic E-state index is 12.1. The van der Waals surface area contributed by atoms with E-state index in [9.17, 15) is 4.79 Å². The van der Waals surface area contributed by atoms with E-state index < -0.39 is 5.41 Å². The molecule has 0 bridgehead atoms. The lowest BCUT2D eigenvalue weighted by Gasteiger charge is -2.18. The van der Waals surface area contributed by atoms with Crippen LogP contribution in [0, 0.1) is 5.41 Å². The van der Waals surface area contributed by atoms with Gasteiger partial charge in [-0.15, -0.1) is 0 Å². The van der Waals surface area contributed by atoms with Crippen LogP contribution in [0.1, 0.15) is 20.8 Å². The van der Waals surface area contributed by atoms with Crippen LogP contribution in [-0.4, -0.2) is 16.0 Å². The summed E-state index contributed by atoms with van der Waals surface area (Å²) >= 11 is 11.6. The average molecular weight is 438 g/mol. The van der Waals surface area contributed by atoms with Gasteiger partial charge < -0.3 is 15.1 Å². The molecule has 0 saturated heterocycles. The van der Waals surface area contributed by atoms with Gasteiger partial charge in [-0.1, -0.05) is 56.6 Å². The first-order valence-corrected chi connectivity index (χ1v) is 10.2. The lowest BCUT2D eigenvalue weighted by molar-refractivity contribution is -0.126. The number of fused-ring (bicyclic) bond motifs is 2. The third-order valence-electron chi connectivity index (χ3n) is 4.65. The smallest absolute Gasteiger partial charge is 0.231 e. The number of carbonyl (C=O) groups is 1. The van der Waals surface area contributed by atoms with Crippen molar-refractivity contribution < 1.29 is 9.21 Å². The molecule has 1 amide bonds. The van der Waals surface area contributed by atoms with Gasteiger partial charge in [0.15, 0.2) is 10.7 Å². The zero-order chi connectivity index (χ0) is 21.5. The minimum absolute atomic E-state index is 0.153. The minimum atomic E-state index is -0.530. The molecule has 152 valence electrons. The number of aromatic nitrogens is 1. The summed E-state index contributed by atoms with van der Waals surface area (Å²) in [6, 6.07) is 17.1. The van der Waals surface area contributed by atoms with Crippen LogP contribution >= 0.6 is 23.8 Å². The van der Waals surface area contributed by atoms with Crippen molar-refractivity contribution in [1.82, 2.24) is 10.3 Å². The normalized spacial score (nSPS) is 11.6. The third kappa shape index (κ3) is 4.01. The number of hydrogen-bond donors (Lipinski definition) is 2. The fourth-order valence-corrected chi connectivity index (χ4v) is 3.48. The zero-order valence-electron chi connectivity index (χ0n) is 16.7. The molecule has 0 aliphatic rings. The number of rotatable bonds is 2. The number of amides is 1. The van der Waals surface area contributed by atoms with Gasteiger partial charge in [0.2, 0.25) is 11.8 Å². The highest BCUT2D eigenvalue weighted by atomic mass is 35.5. The van der Waals surface area contributed by atoms with Crippen LogP contribution in [0.25, 0.3) is 33.3 Å². The molecule has 0 saturated carbocycles. The quantitative estimate of drug-likeness (QED) is 0.367. The predicted octanol–water partition coefficient (Wildman–Crippen LogP) is 6.16. The lowest BCUT2D eigenvalue weighted by atomic mass is 9.96. The Morgan fingerprint density at radius 2 is 1.80 bits per heavy atom. The Morgan fingerprint density at radius 3 is 2.57 bits per heavy atom. The topological polar surface area (TPSA) is 67.2 Å². The van der Waals surface area contributed by atoms with Crippen LogP contribution < -0.4 is 10.6 Å². The molecule has 0 radical (unpaired) electrons. The second-order valence-corrected chi connectivity index (χ2v) is 8.82.